The highest BCUT2D eigenvalue weighted by atomic mass is 33.1. The molecule has 68 heavy (non-hydrogen) atoms. The van der Waals surface area contributed by atoms with Gasteiger partial charge in [-0.25, -0.2) is 0 Å². The molecule has 0 atom stereocenters. The summed E-state index contributed by atoms with van der Waals surface area (Å²) >= 11 is 0. The van der Waals surface area contributed by atoms with Gasteiger partial charge in [-0.05, 0) is 140 Å². The van der Waals surface area contributed by atoms with Gasteiger partial charge in [-0.1, -0.05) is 208 Å². The third-order valence-electron chi connectivity index (χ3n) is 14.2. The van der Waals surface area contributed by atoms with E-state index in [1.165, 1.54) is 164 Å². The van der Waals surface area contributed by atoms with E-state index in [9.17, 15) is 9.59 Å². The van der Waals surface area contributed by atoms with Crippen LogP contribution in [0.1, 0.15) is 152 Å². The molecule has 0 N–H and O–H groups in total. The molecular formula is C62H74O4S2. The van der Waals surface area contributed by atoms with Gasteiger partial charge in [0, 0.05) is 24.3 Å². The van der Waals surface area contributed by atoms with Gasteiger partial charge in [0.25, 0.3) is 0 Å². The molecule has 6 heteroatoms. The number of hydrogen-bond acceptors (Lipinski definition) is 6. The topological polar surface area (TPSA) is 52.6 Å². The lowest BCUT2D eigenvalue weighted by molar-refractivity contribution is -0.144. The van der Waals surface area contributed by atoms with E-state index in [0.29, 0.717) is 26.1 Å². The summed E-state index contributed by atoms with van der Waals surface area (Å²) in [5.41, 5.74) is 2.78. The number of ether oxygens (including phenoxy) is 2. The van der Waals surface area contributed by atoms with Crippen LogP contribution >= 0.6 is 21.6 Å². The average Bonchev–Trinajstić information content (AvgIpc) is 3.36. The molecule has 0 spiro atoms. The molecule has 8 aromatic carbocycles. The summed E-state index contributed by atoms with van der Waals surface area (Å²) in [6.45, 7) is 1.06. The summed E-state index contributed by atoms with van der Waals surface area (Å²) in [6, 6.07) is 40.3. The second-order valence-electron chi connectivity index (χ2n) is 19.3. The lowest BCUT2D eigenvalue weighted by Crippen LogP contribution is -2.06. The maximum atomic E-state index is 12.3. The van der Waals surface area contributed by atoms with Gasteiger partial charge in [0.1, 0.15) is 0 Å². The van der Waals surface area contributed by atoms with Crippen LogP contribution in [0.3, 0.4) is 0 Å². The maximum Gasteiger partial charge on any atom is 0.305 e. The summed E-state index contributed by atoms with van der Waals surface area (Å²) in [4.78, 5) is 24.6. The molecule has 358 valence electrons. The van der Waals surface area contributed by atoms with Gasteiger partial charge < -0.3 is 9.47 Å². The Kier molecular flexibility index (Phi) is 19.8. The molecule has 0 saturated heterocycles. The van der Waals surface area contributed by atoms with E-state index in [4.69, 9.17) is 9.47 Å². The third kappa shape index (κ3) is 14.1. The summed E-state index contributed by atoms with van der Waals surface area (Å²) in [5, 5.41) is 16.1. The largest absolute Gasteiger partial charge is 0.466 e. The van der Waals surface area contributed by atoms with Crippen molar-refractivity contribution in [1.29, 1.82) is 0 Å². The normalized spacial score (nSPS) is 11.9. The minimum atomic E-state index is -0.0303. The average molecular weight is 947 g/mol. The van der Waals surface area contributed by atoms with Crippen LogP contribution in [-0.4, -0.2) is 36.7 Å². The van der Waals surface area contributed by atoms with E-state index in [-0.39, 0.29) is 11.9 Å². The number of carbonyl (C=O) groups is 2. The smallest absolute Gasteiger partial charge is 0.305 e. The van der Waals surface area contributed by atoms with Crippen LogP contribution in [0.5, 0.6) is 0 Å². The minimum absolute atomic E-state index is 0.0303. The Morgan fingerprint density at radius 2 is 0.647 bits per heavy atom. The summed E-state index contributed by atoms with van der Waals surface area (Å²) in [6.07, 6.45) is 26.7. The highest BCUT2D eigenvalue weighted by molar-refractivity contribution is 8.76. The van der Waals surface area contributed by atoms with Crippen molar-refractivity contribution < 1.29 is 19.1 Å². The van der Waals surface area contributed by atoms with E-state index < -0.39 is 0 Å². The van der Waals surface area contributed by atoms with Crippen LogP contribution in [-0.2, 0) is 31.9 Å². The van der Waals surface area contributed by atoms with Crippen LogP contribution in [0.25, 0.3) is 64.6 Å². The van der Waals surface area contributed by atoms with Crippen LogP contribution in [0.2, 0.25) is 0 Å². The van der Waals surface area contributed by atoms with Crippen molar-refractivity contribution >= 4 is 98.2 Å². The highest BCUT2D eigenvalue weighted by Gasteiger charge is 2.13. The first-order valence-electron chi connectivity index (χ1n) is 26.5. The van der Waals surface area contributed by atoms with Gasteiger partial charge in [-0.15, -0.1) is 0 Å². The lowest BCUT2D eigenvalue weighted by atomic mass is 9.91. The molecule has 0 heterocycles. The van der Waals surface area contributed by atoms with Gasteiger partial charge in [-0.2, -0.15) is 0 Å². The summed E-state index contributed by atoms with van der Waals surface area (Å²) in [7, 11) is 4.12. The molecular weight excluding hydrogens is 873 g/mol. The lowest BCUT2D eigenvalue weighted by Gasteiger charge is -2.14. The Balaban J connectivity index is 0.530. The summed E-state index contributed by atoms with van der Waals surface area (Å²) < 4.78 is 11.2. The van der Waals surface area contributed by atoms with Crippen LogP contribution < -0.4 is 0 Å². The highest BCUT2D eigenvalue weighted by Crippen LogP contribution is 2.38. The fourth-order valence-corrected chi connectivity index (χ4v) is 12.8. The van der Waals surface area contributed by atoms with Crippen molar-refractivity contribution in [2.45, 2.75) is 154 Å². The van der Waals surface area contributed by atoms with Crippen molar-refractivity contribution in [3.63, 3.8) is 0 Å². The Labute approximate surface area is 414 Å². The Bertz CT molecular complexity index is 2560. The molecule has 0 unspecified atom stereocenters. The Morgan fingerprint density at radius 1 is 0.324 bits per heavy atom. The molecule has 0 aromatic heterocycles. The van der Waals surface area contributed by atoms with Gasteiger partial charge in [0.05, 0.1) is 13.2 Å². The van der Waals surface area contributed by atoms with E-state index in [1.807, 2.05) is 0 Å². The van der Waals surface area contributed by atoms with Gasteiger partial charge >= 0.3 is 11.9 Å². The predicted octanol–water partition coefficient (Wildman–Crippen LogP) is 18.3. The minimum Gasteiger partial charge on any atom is -0.466 e. The number of hydrogen-bond donors (Lipinski definition) is 0. The van der Waals surface area contributed by atoms with E-state index in [0.717, 1.165) is 64.2 Å². The Hall–Kier alpha value is -4.52. The number of aryl methyl sites for hydroxylation is 2. The first kappa shape index (κ1) is 49.9. The quantitative estimate of drug-likeness (QED) is 0.0177. The number of esters is 2. The predicted molar refractivity (Wildman–Crippen MR) is 296 cm³/mol. The van der Waals surface area contributed by atoms with Crippen LogP contribution in [0, 0.1) is 0 Å². The second-order valence-corrected chi connectivity index (χ2v) is 22.0. The van der Waals surface area contributed by atoms with Crippen molar-refractivity contribution in [2.24, 2.45) is 0 Å². The van der Waals surface area contributed by atoms with Gasteiger partial charge in [0.15, 0.2) is 0 Å². The van der Waals surface area contributed by atoms with E-state index >= 15 is 0 Å². The molecule has 0 fully saturated rings. The van der Waals surface area contributed by atoms with Gasteiger partial charge in [-0.3, -0.25) is 9.59 Å². The number of benzene rings is 8. The van der Waals surface area contributed by atoms with Crippen molar-refractivity contribution in [3.05, 3.63) is 120 Å². The molecule has 0 aliphatic carbocycles. The maximum absolute atomic E-state index is 12.3. The number of rotatable bonds is 33. The molecule has 8 aromatic rings. The number of unbranched alkanes of at least 4 members (excludes halogenated alkanes) is 16. The second kappa shape index (κ2) is 27.0. The van der Waals surface area contributed by atoms with E-state index in [2.05, 4.69) is 131 Å². The van der Waals surface area contributed by atoms with Crippen LogP contribution in [0.15, 0.2) is 109 Å². The van der Waals surface area contributed by atoms with Crippen molar-refractivity contribution in [1.82, 2.24) is 0 Å². The molecule has 0 aliphatic heterocycles. The first-order chi connectivity index (χ1) is 33.6. The molecule has 0 bridgehead atoms. The molecule has 0 aliphatic rings. The van der Waals surface area contributed by atoms with Gasteiger partial charge in [0.2, 0.25) is 0 Å². The molecule has 8 rings (SSSR count). The fourth-order valence-electron chi connectivity index (χ4n) is 10.5. The zero-order chi connectivity index (χ0) is 46.6. The zero-order valence-electron chi connectivity index (χ0n) is 40.6. The zero-order valence-corrected chi connectivity index (χ0v) is 42.3. The monoisotopic (exact) mass is 947 g/mol. The summed E-state index contributed by atoms with van der Waals surface area (Å²) in [5.74, 6) is 2.47. The number of carbonyl (C=O) groups excluding carboxylic acids is 2. The van der Waals surface area contributed by atoms with E-state index in [1.54, 1.807) is 0 Å². The Morgan fingerprint density at radius 3 is 1.04 bits per heavy atom. The fraction of sp³-hybridized carbons (Fsp3) is 0.452. The van der Waals surface area contributed by atoms with Crippen molar-refractivity contribution in [3.8, 4) is 0 Å². The molecule has 0 amide bonds. The third-order valence-corrected chi connectivity index (χ3v) is 16.8. The first-order valence-corrected chi connectivity index (χ1v) is 29.0. The SMILES string of the molecule is O=C(CCCCCCCCCCSSCCCCCCCCCCC(=O)OCCCCc1ccc2ccc3cccc4ccc1c2c34)OCCCCc1ccc2ccc3cccc4ccc1c2c34. The molecule has 4 nitrogen and oxygen atoms in total. The standard InChI is InChI=1S/C62H74O4S2/c63-57(65-43-17-15-23-47-31-33-53-37-35-49-25-21-27-51-39-41-55(47)61(53)59(49)51)29-13-9-5-1-3-7-11-19-45-67-68-46-20-12-8-4-2-6-10-14-30-58(64)66-44-18-16-24-48-32-34-54-38-36-50-26-22-28-52-40-42-56(48)62(54)60(50)52/h21-22,25-28,31-42H,1-20,23-24,29-30,43-46H2. The van der Waals surface area contributed by atoms with Crippen molar-refractivity contribution in [2.75, 3.05) is 24.7 Å². The molecule has 0 radical (unpaired) electrons. The van der Waals surface area contributed by atoms with Crippen LogP contribution in [0.4, 0.5) is 0 Å². The molecule has 0 saturated carbocycles.